The molecule has 4 aliphatic rings. The van der Waals surface area contributed by atoms with Gasteiger partial charge >= 0.3 is 41.8 Å². The van der Waals surface area contributed by atoms with E-state index in [1.165, 1.54) is 64.5 Å². The number of amides is 1. The van der Waals surface area contributed by atoms with Crippen LogP contribution in [0.1, 0.15) is 112 Å². The molecule has 2 aromatic heterocycles. The van der Waals surface area contributed by atoms with Gasteiger partial charge in [0.25, 0.3) is 0 Å². The van der Waals surface area contributed by atoms with Gasteiger partial charge in [-0.2, -0.15) is 26.3 Å². The van der Waals surface area contributed by atoms with Gasteiger partial charge in [0.2, 0.25) is 5.91 Å². The molecule has 25 heteroatoms. The van der Waals surface area contributed by atoms with E-state index < -0.39 is 53.2 Å². The van der Waals surface area contributed by atoms with Gasteiger partial charge in [0.1, 0.15) is 35.4 Å². The number of piperidine rings is 4. The molecular weight excluding hydrogens is 1230 g/mol. The van der Waals surface area contributed by atoms with Crippen LogP contribution in [0.3, 0.4) is 0 Å². The summed E-state index contributed by atoms with van der Waals surface area (Å²) in [5.74, 6) is -9.18. The number of hydrogen-bond donors (Lipinski definition) is 4. The van der Waals surface area contributed by atoms with E-state index in [9.17, 15) is 72.7 Å². The molecule has 0 aliphatic carbocycles. The fourth-order valence-electron chi connectivity index (χ4n) is 12.4. The zero-order valence-electron chi connectivity index (χ0n) is 51.5. The third kappa shape index (κ3) is 21.4. The molecule has 2 atom stereocenters. The summed E-state index contributed by atoms with van der Waals surface area (Å²) in [5.41, 5.74) is 5.66. The second-order valence-corrected chi connectivity index (χ2v) is 23.2. The maximum atomic E-state index is 13.4. The van der Waals surface area contributed by atoms with Crippen LogP contribution in [0.25, 0.3) is 34.0 Å². The van der Waals surface area contributed by atoms with E-state index in [-0.39, 0.29) is 35.5 Å². The summed E-state index contributed by atoms with van der Waals surface area (Å²) in [5, 5.41) is 14.3. The number of H-pyrrole nitrogens is 2. The number of benzene rings is 4. The highest BCUT2D eigenvalue weighted by molar-refractivity contribution is 6.41. The number of nitrogens with zero attached hydrogens (tertiary/aromatic N) is 3. The number of aliphatic carboxylic acids is 1. The van der Waals surface area contributed by atoms with Crippen molar-refractivity contribution in [3.05, 3.63) is 155 Å². The number of aromatic nitrogens is 2. The van der Waals surface area contributed by atoms with Crippen molar-refractivity contribution < 1.29 is 87.3 Å². The third-order valence-electron chi connectivity index (χ3n) is 17.0. The number of Topliss-reactive ketones (excluding diaryl/α,β-unsaturated/α-hetero) is 2. The largest absolute Gasteiger partial charge is 0.478 e. The summed E-state index contributed by atoms with van der Waals surface area (Å²) in [6.07, 6.45) is 7.31. The molecule has 6 aromatic rings. The molecule has 4 saturated heterocycles. The first kappa shape index (κ1) is 72.3. The number of ketones is 2. The highest BCUT2D eigenvalue weighted by Gasteiger charge is 2.54. The Labute approximate surface area is 531 Å². The highest BCUT2D eigenvalue weighted by atomic mass is 19.4. The number of alkyl halides is 6. The fraction of sp³-hybridized carbons (Fsp3) is 0.441. The van der Waals surface area contributed by atoms with Gasteiger partial charge in [-0.3, -0.25) is 33.8 Å². The van der Waals surface area contributed by atoms with E-state index in [0.29, 0.717) is 55.5 Å². The molecule has 6 heterocycles. The molecule has 0 spiro atoms. The number of esters is 2. The minimum atomic E-state index is -5.77. The Morgan fingerprint density at radius 2 is 0.914 bits per heavy atom. The van der Waals surface area contributed by atoms with Gasteiger partial charge < -0.3 is 34.8 Å². The van der Waals surface area contributed by atoms with Crippen LogP contribution in [0.2, 0.25) is 0 Å². The molecular formula is C68H76F10N6O9. The molecule has 0 bridgehead atoms. The van der Waals surface area contributed by atoms with E-state index >= 15 is 0 Å². The number of carbonyl (C=O) groups excluding carboxylic acids is 5. The number of nitrogens with one attached hydrogen (secondary N) is 3. The van der Waals surface area contributed by atoms with Crippen molar-refractivity contribution in [3.8, 4) is 0 Å². The van der Waals surface area contributed by atoms with Gasteiger partial charge in [-0.15, -0.1) is 0 Å². The topological polar surface area (TPSA) is 194 Å². The zero-order chi connectivity index (χ0) is 67.4. The lowest BCUT2D eigenvalue weighted by atomic mass is 9.86. The summed E-state index contributed by atoms with van der Waals surface area (Å²) < 4.78 is 130. The molecule has 502 valence electrons. The fourth-order valence-corrected chi connectivity index (χ4v) is 12.4. The minimum absolute atomic E-state index is 0.0217. The lowest BCUT2D eigenvalue weighted by Crippen LogP contribution is -2.48. The number of halogens is 10. The number of aromatic amines is 2. The summed E-state index contributed by atoms with van der Waals surface area (Å²) in [7, 11) is 0. The number of likely N-dealkylation sites (tertiary alicyclic amines) is 3. The molecule has 1 amide bonds. The Hall–Kier alpha value is -8.16. The van der Waals surface area contributed by atoms with Crippen molar-refractivity contribution in [2.24, 2.45) is 11.8 Å². The Morgan fingerprint density at radius 1 is 0.538 bits per heavy atom. The third-order valence-corrected chi connectivity index (χ3v) is 17.0. The van der Waals surface area contributed by atoms with Crippen LogP contribution in [-0.2, 0) is 38.2 Å². The maximum absolute atomic E-state index is 13.4. The normalized spacial score (nSPS) is 17.4. The Balaban J connectivity index is 0.000000199. The van der Waals surface area contributed by atoms with Crippen molar-refractivity contribution in [1.29, 1.82) is 0 Å². The van der Waals surface area contributed by atoms with Gasteiger partial charge in [-0.05, 0) is 212 Å². The average molecular weight is 1310 g/mol. The van der Waals surface area contributed by atoms with Crippen LogP contribution in [-0.4, -0.2) is 155 Å². The minimum Gasteiger partial charge on any atom is -0.478 e. The highest BCUT2D eigenvalue weighted by Crippen LogP contribution is 2.37. The molecule has 4 fully saturated rings. The van der Waals surface area contributed by atoms with Gasteiger partial charge in [-0.25, -0.2) is 22.4 Å². The van der Waals surface area contributed by atoms with Crippen LogP contribution in [0.15, 0.2) is 109 Å². The second kappa shape index (κ2) is 34.1. The average Bonchev–Trinajstić information content (AvgIpc) is 1.72. The predicted octanol–water partition coefficient (Wildman–Crippen LogP) is 12.9. The van der Waals surface area contributed by atoms with E-state index in [2.05, 4.69) is 79.9 Å². The van der Waals surface area contributed by atoms with E-state index in [1.807, 2.05) is 19.9 Å². The first-order valence-electron chi connectivity index (χ1n) is 31.0. The van der Waals surface area contributed by atoms with Gasteiger partial charge in [0, 0.05) is 71.6 Å². The van der Waals surface area contributed by atoms with Crippen molar-refractivity contribution in [2.75, 3.05) is 65.6 Å². The zero-order valence-corrected chi connectivity index (χ0v) is 51.5. The Bertz CT molecular complexity index is 3470. The maximum Gasteiger partial charge on any atom is 0.458 e. The number of carbonyl (C=O) groups is 6. The number of ether oxygens (including phenoxy) is 2. The van der Waals surface area contributed by atoms with Gasteiger partial charge in [0.05, 0.1) is 13.2 Å². The molecule has 0 radical (unpaired) electrons. The molecule has 4 N–H and O–H groups in total. The Kier molecular flexibility index (Phi) is 26.5. The number of carboxylic acid groups (broad SMARTS) is 1. The SMILES string of the molecule is CCOC(=O)C(CC1CCN(C(=O)/C=C/c2cc(F)cc(F)c2)CC1)N1CCC(c2c[nH]c3ccccc23)CC1.CCOC(=O)C(CC1CCNCC1)N1CCC(c2c[nH]c3ccccc23)CC1.O=C(C(=O)C(F)(F)F)C(F)(F)F.O=C(O)/C=C/c1cc(F)cc(F)c1. The van der Waals surface area contributed by atoms with Gasteiger partial charge in [-0.1, -0.05) is 36.4 Å². The van der Waals surface area contributed by atoms with Crippen molar-refractivity contribution in [3.63, 3.8) is 0 Å². The molecule has 0 saturated carbocycles. The summed E-state index contributed by atoms with van der Waals surface area (Å²) >= 11 is 0. The van der Waals surface area contributed by atoms with E-state index in [4.69, 9.17) is 14.6 Å². The summed E-state index contributed by atoms with van der Waals surface area (Å²) in [6, 6.07) is 22.6. The quantitative estimate of drug-likeness (QED) is 0.0293. The van der Waals surface area contributed by atoms with Crippen molar-refractivity contribution >= 4 is 69.3 Å². The first-order chi connectivity index (χ1) is 44.3. The van der Waals surface area contributed by atoms with Crippen molar-refractivity contribution in [1.82, 2.24) is 30.0 Å². The smallest absolute Gasteiger partial charge is 0.458 e. The molecule has 4 aromatic carbocycles. The lowest BCUT2D eigenvalue weighted by molar-refractivity contribution is -0.193. The lowest BCUT2D eigenvalue weighted by Gasteiger charge is -2.39. The number of hydrogen-bond acceptors (Lipinski definition) is 11. The van der Waals surface area contributed by atoms with Crippen LogP contribution in [0.4, 0.5) is 43.9 Å². The predicted molar refractivity (Wildman–Crippen MR) is 329 cm³/mol. The summed E-state index contributed by atoms with van der Waals surface area (Å²) in [6.45, 7) is 11.5. The Morgan fingerprint density at radius 3 is 1.29 bits per heavy atom. The number of rotatable bonds is 17. The van der Waals surface area contributed by atoms with Crippen LogP contribution in [0, 0.1) is 35.1 Å². The second-order valence-electron chi connectivity index (χ2n) is 23.2. The molecule has 2 unspecified atom stereocenters. The molecule has 4 aliphatic heterocycles. The van der Waals surface area contributed by atoms with Crippen LogP contribution < -0.4 is 5.32 Å². The standard InChI is InChI=1S/C32H37F2N3O3.C23H33N3O2.C9H6F2O2.C4F6O2/c1-2-40-32(39)30(36-15-11-24(12-16-36)28-21-35-29-6-4-3-5-27(28)29)19-22-9-13-37(14-10-22)31(38)8-7-23-17-25(33)20-26(34)18-23;1-2-28-23(27)22(15-17-7-11-24-12-8-17)26-13-9-18(10-14-26)20-16-25-21-6-4-3-5-19(20)21;10-7-3-6(1-2-9(12)13)4-8(11)5-7;5-3(6,7)1(11)2(12)4(8,9)10/h3-8,17-18,20-22,24,30,35H,2,9-16,19H2,1H3;3-6,16-18,22,24-25H,2,7-15H2,1H3;1-5H,(H,12,13);/b8-7+;;2-1+;. The number of para-hydroxylation sites is 2. The monoisotopic (exact) mass is 1310 g/mol. The number of carboxylic acids is 1. The molecule has 93 heavy (non-hydrogen) atoms. The first-order valence-corrected chi connectivity index (χ1v) is 31.0. The van der Waals surface area contributed by atoms with Gasteiger partial charge in [0.15, 0.2) is 0 Å². The molecule has 10 rings (SSSR count). The van der Waals surface area contributed by atoms with E-state index in [0.717, 1.165) is 133 Å². The number of fused-ring (bicyclic) bond motifs is 2. The van der Waals surface area contributed by atoms with Crippen molar-refractivity contribution in [2.45, 2.75) is 114 Å². The van der Waals surface area contributed by atoms with E-state index in [1.54, 1.807) is 4.90 Å². The van der Waals surface area contributed by atoms with Crippen LogP contribution >= 0.6 is 0 Å². The van der Waals surface area contributed by atoms with Crippen LogP contribution in [0.5, 0.6) is 0 Å². The summed E-state index contributed by atoms with van der Waals surface area (Å²) in [4.78, 5) is 81.0. The molecule has 15 nitrogen and oxygen atoms in total.